The molecular formula is C19H21BrN2O5. The minimum absolute atomic E-state index is 0.0347. The monoisotopic (exact) mass is 436 g/mol. The summed E-state index contributed by atoms with van der Waals surface area (Å²) in [6, 6.07) is 4.89. The summed E-state index contributed by atoms with van der Waals surface area (Å²) in [6.45, 7) is -0.0347. The first-order chi connectivity index (χ1) is 12.9. The SMILES string of the molecule is COC(=O)C1(NC(=O)CCN2C(=O)c3ccc(Br)cc3C2=O)CCCCC1. The molecule has 27 heavy (non-hydrogen) atoms. The van der Waals surface area contributed by atoms with Crippen LogP contribution in [0.1, 0.15) is 59.2 Å². The quantitative estimate of drug-likeness (QED) is 0.564. The summed E-state index contributed by atoms with van der Waals surface area (Å²) in [5.41, 5.74) is -0.341. The number of benzene rings is 1. The maximum absolute atomic E-state index is 12.5. The third-order valence-corrected chi connectivity index (χ3v) is 5.65. The summed E-state index contributed by atoms with van der Waals surface area (Å²) in [4.78, 5) is 50.6. The van der Waals surface area contributed by atoms with Gasteiger partial charge >= 0.3 is 5.97 Å². The van der Waals surface area contributed by atoms with Gasteiger partial charge in [0.2, 0.25) is 5.91 Å². The van der Waals surface area contributed by atoms with Gasteiger partial charge < -0.3 is 10.1 Å². The average molecular weight is 437 g/mol. The van der Waals surface area contributed by atoms with Gasteiger partial charge in [-0.15, -0.1) is 0 Å². The number of carbonyl (C=O) groups is 4. The Bertz CT molecular complexity index is 801. The highest BCUT2D eigenvalue weighted by molar-refractivity contribution is 9.10. The molecule has 7 nitrogen and oxygen atoms in total. The molecule has 0 radical (unpaired) electrons. The first-order valence-electron chi connectivity index (χ1n) is 8.93. The van der Waals surface area contributed by atoms with Crippen LogP contribution in [0.25, 0.3) is 0 Å². The molecule has 8 heteroatoms. The lowest BCUT2D eigenvalue weighted by Gasteiger charge is -2.35. The van der Waals surface area contributed by atoms with Crippen LogP contribution in [0.3, 0.4) is 0 Å². The molecule has 1 fully saturated rings. The topological polar surface area (TPSA) is 92.8 Å². The number of halogens is 1. The van der Waals surface area contributed by atoms with Crippen LogP contribution in [0.2, 0.25) is 0 Å². The van der Waals surface area contributed by atoms with Crippen molar-refractivity contribution >= 4 is 39.6 Å². The molecule has 1 aliphatic heterocycles. The van der Waals surface area contributed by atoms with Gasteiger partial charge in [-0.05, 0) is 31.0 Å². The lowest BCUT2D eigenvalue weighted by atomic mass is 9.81. The molecule has 0 spiro atoms. The number of nitrogens with zero attached hydrogens (tertiary/aromatic N) is 1. The summed E-state index contributed by atoms with van der Waals surface area (Å²) in [5, 5.41) is 2.80. The van der Waals surface area contributed by atoms with E-state index in [1.807, 2.05) is 0 Å². The minimum Gasteiger partial charge on any atom is -0.467 e. The van der Waals surface area contributed by atoms with E-state index >= 15 is 0 Å². The zero-order valence-corrected chi connectivity index (χ0v) is 16.6. The lowest BCUT2D eigenvalue weighted by molar-refractivity contribution is -0.152. The molecule has 1 aromatic carbocycles. The molecule has 0 aromatic heterocycles. The zero-order chi connectivity index (χ0) is 19.6. The van der Waals surface area contributed by atoms with Crippen LogP contribution in [0.5, 0.6) is 0 Å². The van der Waals surface area contributed by atoms with Gasteiger partial charge in [0.05, 0.1) is 18.2 Å². The largest absolute Gasteiger partial charge is 0.467 e. The van der Waals surface area contributed by atoms with Crippen molar-refractivity contribution in [3.05, 3.63) is 33.8 Å². The zero-order valence-electron chi connectivity index (χ0n) is 15.0. The fourth-order valence-electron chi connectivity index (χ4n) is 3.74. The van der Waals surface area contributed by atoms with Crippen molar-refractivity contribution in [3.8, 4) is 0 Å². The van der Waals surface area contributed by atoms with Crippen molar-refractivity contribution < 1.29 is 23.9 Å². The summed E-state index contributed by atoms with van der Waals surface area (Å²) < 4.78 is 5.59. The van der Waals surface area contributed by atoms with Gasteiger partial charge in [-0.3, -0.25) is 19.3 Å². The molecule has 0 atom stereocenters. The maximum atomic E-state index is 12.5. The molecule has 3 rings (SSSR count). The van der Waals surface area contributed by atoms with Gasteiger partial charge in [0.15, 0.2) is 0 Å². The molecule has 144 valence electrons. The van der Waals surface area contributed by atoms with Crippen LogP contribution in [0.15, 0.2) is 22.7 Å². The van der Waals surface area contributed by atoms with Crippen molar-refractivity contribution in [1.82, 2.24) is 10.2 Å². The fourth-order valence-corrected chi connectivity index (χ4v) is 4.10. The van der Waals surface area contributed by atoms with Crippen molar-refractivity contribution in [2.45, 2.75) is 44.1 Å². The van der Waals surface area contributed by atoms with Crippen LogP contribution in [-0.2, 0) is 14.3 Å². The Hall–Kier alpha value is -2.22. The van der Waals surface area contributed by atoms with Crippen LogP contribution in [0, 0.1) is 0 Å². The van der Waals surface area contributed by atoms with Crippen molar-refractivity contribution in [2.75, 3.05) is 13.7 Å². The number of fused-ring (bicyclic) bond motifs is 1. The van der Waals surface area contributed by atoms with E-state index in [1.54, 1.807) is 18.2 Å². The molecule has 3 amide bonds. The summed E-state index contributed by atoms with van der Waals surface area (Å²) in [5.74, 6) is -1.64. The predicted octanol–water partition coefficient (Wildman–Crippen LogP) is 2.43. The van der Waals surface area contributed by atoms with Crippen LogP contribution < -0.4 is 5.32 Å². The van der Waals surface area contributed by atoms with Gasteiger partial charge in [-0.1, -0.05) is 35.2 Å². The van der Waals surface area contributed by atoms with E-state index < -0.39 is 23.3 Å². The van der Waals surface area contributed by atoms with E-state index in [0.717, 1.165) is 24.2 Å². The molecule has 1 N–H and O–H groups in total. The van der Waals surface area contributed by atoms with E-state index in [1.165, 1.54) is 7.11 Å². The number of hydrogen-bond acceptors (Lipinski definition) is 5. The second kappa shape index (κ2) is 7.80. The Balaban J connectivity index is 1.65. The van der Waals surface area contributed by atoms with E-state index in [9.17, 15) is 19.2 Å². The second-order valence-electron chi connectivity index (χ2n) is 6.88. The van der Waals surface area contributed by atoms with E-state index in [4.69, 9.17) is 4.74 Å². The molecule has 1 aliphatic carbocycles. The number of ether oxygens (including phenoxy) is 1. The Kier molecular flexibility index (Phi) is 5.64. The number of rotatable bonds is 5. The normalized spacial score (nSPS) is 18.2. The van der Waals surface area contributed by atoms with Crippen LogP contribution in [0.4, 0.5) is 0 Å². The Morgan fingerprint density at radius 3 is 2.48 bits per heavy atom. The van der Waals surface area contributed by atoms with E-state index in [-0.39, 0.29) is 18.9 Å². The molecule has 1 saturated carbocycles. The summed E-state index contributed by atoms with van der Waals surface area (Å²) >= 11 is 3.29. The predicted molar refractivity (Wildman–Crippen MR) is 100 cm³/mol. The van der Waals surface area contributed by atoms with Crippen molar-refractivity contribution in [2.24, 2.45) is 0 Å². The highest BCUT2D eigenvalue weighted by Crippen LogP contribution is 2.30. The Morgan fingerprint density at radius 2 is 1.81 bits per heavy atom. The van der Waals surface area contributed by atoms with Gasteiger partial charge in [0.25, 0.3) is 11.8 Å². The second-order valence-corrected chi connectivity index (χ2v) is 7.80. The molecule has 1 heterocycles. The molecule has 2 aliphatic rings. The molecular weight excluding hydrogens is 416 g/mol. The summed E-state index contributed by atoms with van der Waals surface area (Å²) in [7, 11) is 1.31. The maximum Gasteiger partial charge on any atom is 0.331 e. The van der Waals surface area contributed by atoms with Gasteiger partial charge in [0, 0.05) is 17.4 Å². The number of amides is 3. The molecule has 1 aromatic rings. The smallest absolute Gasteiger partial charge is 0.331 e. The van der Waals surface area contributed by atoms with E-state index in [2.05, 4.69) is 21.2 Å². The number of nitrogens with one attached hydrogen (secondary N) is 1. The van der Waals surface area contributed by atoms with Gasteiger partial charge in [0.1, 0.15) is 5.54 Å². The fraction of sp³-hybridized carbons (Fsp3) is 0.474. The minimum atomic E-state index is -1.00. The van der Waals surface area contributed by atoms with Gasteiger partial charge in [-0.25, -0.2) is 4.79 Å². The van der Waals surface area contributed by atoms with E-state index in [0.29, 0.717) is 28.4 Å². The van der Waals surface area contributed by atoms with Crippen molar-refractivity contribution in [1.29, 1.82) is 0 Å². The highest BCUT2D eigenvalue weighted by Gasteiger charge is 2.42. The Labute approximate surface area is 165 Å². The first-order valence-corrected chi connectivity index (χ1v) is 9.72. The number of methoxy groups -OCH3 is 1. The van der Waals surface area contributed by atoms with Gasteiger partial charge in [-0.2, -0.15) is 0 Å². The standard InChI is InChI=1S/C19H21BrN2O5/c1-27-18(26)19(8-3-2-4-9-19)21-15(23)7-10-22-16(24)13-6-5-12(20)11-14(13)17(22)25/h5-6,11H,2-4,7-10H2,1H3,(H,21,23). The number of hydrogen-bond donors (Lipinski definition) is 1. The molecule has 0 saturated heterocycles. The third kappa shape index (κ3) is 3.76. The van der Waals surface area contributed by atoms with Crippen LogP contribution >= 0.6 is 15.9 Å². The number of esters is 1. The Morgan fingerprint density at radius 1 is 1.15 bits per heavy atom. The molecule has 0 bridgehead atoms. The average Bonchev–Trinajstić information content (AvgIpc) is 2.90. The summed E-state index contributed by atoms with van der Waals surface area (Å²) in [6.07, 6.45) is 3.69. The first kappa shape index (κ1) is 19.5. The number of imide groups is 1. The number of carbonyl (C=O) groups excluding carboxylic acids is 4. The third-order valence-electron chi connectivity index (χ3n) is 5.16. The highest BCUT2D eigenvalue weighted by atomic mass is 79.9. The van der Waals surface area contributed by atoms with Crippen LogP contribution in [-0.4, -0.2) is 47.8 Å². The molecule has 0 unspecified atom stereocenters. The van der Waals surface area contributed by atoms with Crippen molar-refractivity contribution in [3.63, 3.8) is 0 Å². The lowest BCUT2D eigenvalue weighted by Crippen LogP contribution is -2.56.